The van der Waals surface area contributed by atoms with Crippen LogP contribution < -0.4 is 5.32 Å². The lowest BCUT2D eigenvalue weighted by Gasteiger charge is -2.33. The van der Waals surface area contributed by atoms with Gasteiger partial charge >= 0.3 is 5.97 Å². The maximum absolute atomic E-state index is 11.0. The van der Waals surface area contributed by atoms with Gasteiger partial charge in [0.1, 0.15) is 0 Å². The molecule has 19 heavy (non-hydrogen) atoms. The van der Waals surface area contributed by atoms with Crippen LogP contribution >= 0.6 is 0 Å². The van der Waals surface area contributed by atoms with Crippen LogP contribution in [0.4, 0.5) is 0 Å². The lowest BCUT2D eigenvalue weighted by Crippen LogP contribution is -2.44. The van der Waals surface area contributed by atoms with Gasteiger partial charge in [0.05, 0.1) is 12.1 Å². The highest BCUT2D eigenvalue weighted by Crippen LogP contribution is 2.17. The zero-order chi connectivity index (χ0) is 13.7. The lowest BCUT2D eigenvalue weighted by atomic mass is 10.1. The zero-order valence-corrected chi connectivity index (χ0v) is 11.2. The van der Waals surface area contributed by atoms with Gasteiger partial charge in [-0.15, -0.1) is 0 Å². The van der Waals surface area contributed by atoms with E-state index >= 15 is 0 Å². The quantitative estimate of drug-likeness (QED) is 0.852. The van der Waals surface area contributed by atoms with E-state index in [1.54, 1.807) is 6.20 Å². The van der Waals surface area contributed by atoms with Crippen LogP contribution in [0.1, 0.15) is 25.5 Å². The molecule has 0 aliphatic carbocycles. The highest BCUT2D eigenvalue weighted by Gasteiger charge is 2.28. The Labute approximate surface area is 113 Å². The Morgan fingerprint density at radius 3 is 3.11 bits per heavy atom. The summed E-state index contributed by atoms with van der Waals surface area (Å²) in [4.78, 5) is 17.6. The maximum atomic E-state index is 11.0. The van der Waals surface area contributed by atoms with Crippen LogP contribution in [0, 0.1) is 0 Å². The SMILES string of the molecule is CC1CCNCC(CC(=O)O)N1Cc1ccccn1. The molecule has 1 aromatic heterocycles. The van der Waals surface area contributed by atoms with Gasteiger partial charge in [-0.2, -0.15) is 0 Å². The summed E-state index contributed by atoms with van der Waals surface area (Å²) in [6.07, 6.45) is 2.98. The van der Waals surface area contributed by atoms with E-state index in [1.165, 1.54) is 0 Å². The molecule has 0 spiro atoms. The van der Waals surface area contributed by atoms with Crippen LogP contribution in [0.3, 0.4) is 0 Å². The summed E-state index contributed by atoms with van der Waals surface area (Å²) in [5, 5.41) is 12.4. The molecule has 0 radical (unpaired) electrons. The molecule has 1 fully saturated rings. The molecule has 0 bridgehead atoms. The third-order valence-electron chi connectivity index (χ3n) is 3.63. The minimum absolute atomic E-state index is 0.0250. The fraction of sp³-hybridized carbons (Fsp3) is 0.571. The largest absolute Gasteiger partial charge is 0.481 e. The summed E-state index contributed by atoms with van der Waals surface area (Å²) in [6, 6.07) is 6.24. The highest BCUT2D eigenvalue weighted by molar-refractivity contribution is 5.67. The van der Waals surface area contributed by atoms with E-state index in [-0.39, 0.29) is 12.5 Å². The molecule has 5 heteroatoms. The fourth-order valence-corrected chi connectivity index (χ4v) is 2.58. The van der Waals surface area contributed by atoms with Crippen molar-refractivity contribution in [1.82, 2.24) is 15.2 Å². The average molecular weight is 263 g/mol. The standard InChI is InChI=1S/C14H21N3O2/c1-11-5-7-15-9-13(8-14(18)19)17(11)10-12-4-2-3-6-16-12/h2-4,6,11,13,15H,5,7-10H2,1H3,(H,18,19). The van der Waals surface area contributed by atoms with Gasteiger partial charge in [0, 0.05) is 31.4 Å². The molecule has 2 N–H and O–H groups in total. The van der Waals surface area contributed by atoms with Gasteiger partial charge in [-0.05, 0) is 32.0 Å². The Kier molecular flexibility index (Phi) is 4.87. The van der Waals surface area contributed by atoms with Gasteiger partial charge in [0.15, 0.2) is 0 Å². The average Bonchev–Trinajstić information content (AvgIpc) is 2.55. The number of carbonyl (C=O) groups is 1. The number of pyridine rings is 1. The van der Waals surface area contributed by atoms with Crippen LogP contribution in [-0.2, 0) is 11.3 Å². The molecule has 0 saturated carbocycles. The van der Waals surface area contributed by atoms with Crippen molar-refractivity contribution < 1.29 is 9.90 Å². The normalized spacial score (nSPS) is 24.9. The molecule has 1 aromatic rings. The molecule has 2 atom stereocenters. The number of hydrogen-bond donors (Lipinski definition) is 2. The smallest absolute Gasteiger partial charge is 0.304 e. The van der Waals surface area contributed by atoms with Gasteiger partial charge in [-0.25, -0.2) is 0 Å². The highest BCUT2D eigenvalue weighted by atomic mass is 16.4. The second-order valence-electron chi connectivity index (χ2n) is 5.09. The van der Waals surface area contributed by atoms with Crippen LogP contribution in [0.15, 0.2) is 24.4 Å². The van der Waals surface area contributed by atoms with Crippen molar-refractivity contribution in [3.05, 3.63) is 30.1 Å². The minimum atomic E-state index is -0.744. The molecule has 2 rings (SSSR count). The second kappa shape index (κ2) is 6.63. The van der Waals surface area contributed by atoms with Gasteiger partial charge in [0.2, 0.25) is 0 Å². The van der Waals surface area contributed by atoms with Crippen LogP contribution in [0.5, 0.6) is 0 Å². The number of nitrogens with zero attached hydrogens (tertiary/aromatic N) is 2. The first-order valence-corrected chi connectivity index (χ1v) is 6.75. The third kappa shape index (κ3) is 4.01. The molecule has 2 heterocycles. The van der Waals surface area contributed by atoms with Gasteiger partial charge in [-0.3, -0.25) is 14.7 Å². The molecular formula is C14H21N3O2. The molecule has 104 valence electrons. The maximum Gasteiger partial charge on any atom is 0.304 e. The van der Waals surface area contributed by atoms with Gasteiger partial charge < -0.3 is 10.4 Å². The van der Waals surface area contributed by atoms with Crippen molar-refractivity contribution in [2.45, 2.75) is 38.4 Å². The number of aliphatic carboxylic acids is 1. The lowest BCUT2D eigenvalue weighted by molar-refractivity contribution is -0.138. The number of carboxylic acids is 1. The molecule has 2 unspecified atom stereocenters. The van der Waals surface area contributed by atoms with Crippen molar-refractivity contribution in [3.8, 4) is 0 Å². The predicted octanol–water partition coefficient (Wildman–Crippen LogP) is 1.11. The number of hydrogen-bond acceptors (Lipinski definition) is 4. The summed E-state index contributed by atoms with van der Waals surface area (Å²) in [5.41, 5.74) is 0.992. The number of nitrogens with one attached hydrogen (secondary N) is 1. The van der Waals surface area contributed by atoms with Crippen LogP contribution in [0.2, 0.25) is 0 Å². The number of carboxylic acid groups (broad SMARTS) is 1. The van der Waals surface area contributed by atoms with E-state index in [0.717, 1.165) is 25.2 Å². The van der Waals surface area contributed by atoms with E-state index in [0.29, 0.717) is 12.6 Å². The molecule has 5 nitrogen and oxygen atoms in total. The number of aromatic nitrogens is 1. The Morgan fingerprint density at radius 2 is 2.42 bits per heavy atom. The molecule has 1 aliphatic rings. The minimum Gasteiger partial charge on any atom is -0.481 e. The van der Waals surface area contributed by atoms with E-state index in [1.807, 2.05) is 18.2 Å². The van der Waals surface area contributed by atoms with Crippen LogP contribution in [-0.4, -0.2) is 46.1 Å². The molecule has 0 amide bonds. The molecular weight excluding hydrogens is 242 g/mol. The Bertz CT molecular complexity index is 410. The van der Waals surface area contributed by atoms with Crippen molar-refractivity contribution in [2.75, 3.05) is 13.1 Å². The van der Waals surface area contributed by atoms with E-state index in [9.17, 15) is 4.79 Å². The summed E-state index contributed by atoms with van der Waals surface area (Å²) in [5.74, 6) is -0.744. The summed E-state index contributed by atoms with van der Waals surface area (Å²) in [6.45, 7) is 4.53. The van der Waals surface area contributed by atoms with Crippen molar-refractivity contribution in [3.63, 3.8) is 0 Å². The Hall–Kier alpha value is -1.46. The first-order chi connectivity index (χ1) is 9.16. The first-order valence-electron chi connectivity index (χ1n) is 6.75. The zero-order valence-electron chi connectivity index (χ0n) is 11.2. The van der Waals surface area contributed by atoms with Crippen LogP contribution in [0.25, 0.3) is 0 Å². The third-order valence-corrected chi connectivity index (χ3v) is 3.63. The summed E-state index contributed by atoms with van der Waals surface area (Å²) >= 11 is 0. The summed E-state index contributed by atoms with van der Waals surface area (Å²) < 4.78 is 0. The van der Waals surface area contributed by atoms with Crippen molar-refractivity contribution >= 4 is 5.97 Å². The molecule has 0 aromatic carbocycles. The second-order valence-corrected chi connectivity index (χ2v) is 5.09. The predicted molar refractivity (Wildman–Crippen MR) is 72.8 cm³/mol. The summed E-state index contributed by atoms with van der Waals surface area (Å²) in [7, 11) is 0. The topological polar surface area (TPSA) is 65.5 Å². The van der Waals surface area contributed by atoms with Crippen molar-refractivity contribution in [1.29, 1.82) is 0 Å². The number of rotatable bonds is 4. The van der Waals surface area contributed by atoms with Gasteiger partial charge in [-0.1, -0.05) is 6.07 Å². The van der Waals surface area contributed by atoms with E-state index in [2.05, 4.69) is 22.1 Å². The Morgan fingerprint density at radius 1 is 1.58 bits per heavy atom. The Balaban J connectivity index is 2.12. The first kappa shape index (κ1) is 14.0. The van der Waals surface area contributed by atoms with E-state index < -0.39 is 5.97 Å². The molecule has 1 saturated heterocycles. The fourth-order valence-electron chi connectivity index (χ4n) is 2.58. The van der Waals surface area contributed by atoms with Gasteiger partial charge in [0.25, 0.3) is 0 Å². The van der Waals surface area contributed by atoms with Crippen molar-refractivity contribution in [2.24, 2.45) is 0 Å². The molecule has 1 aliphatic heterocycles. The monoisotopic (exact) mass is 263 g/mol. The van der Waals surface area contributed by atoms with E-state index in [4.69, 9.17) is 5.11 Å².